The summed E-state index contributed by atoms with van der Waals surface area (Å²) in [5.41, 5.74) is 4.52. The van der Waals surface area contributed by atoms with Crippen LogP contribution in [0.1, 0.15) is 39.8 Å². The number of carboxylic acid groups (broad SMARTS) is 1. The largest absolute Gasteiger partial charge is 0.493 e. The number of nitrogens with zero attached hydrogens (tertiary/aromatic N) is 1. The fourth-order valence-electron chi connectivity index (χ4n) is 4.92. The number of benzene rings is 5. The van der Waals surface area contributed by atoms with Gasteiger partial charge in [-0.1, -0.05) is 78.9 Å². The molecule has 3 N–H and O–H groups in total. The monoisotopic (exact) mass is 597 g/mol. The van der Waals surface area contributed by atoms with Gasteiger partial charge < -0.3 is 25.2 Å². The van der Waals surface area contributed by atoms with Crippen LogP contribution in [0.3, 0.4) is 0 Å². The summed E-state index contributed by atoms with van der Waals surface area (Å²) in [5, 5.41) is 25.3. The van der Waals surface area contributed by atoms with Crippen LogP contribution in [0.25, 0.3) is 0 Å². The highest BCUT2D eigenvalue weighted by atomic mass is 16.5. The highest BCUT2D eigenvalue weighted by molar-refractivity contribution is 5.97. The first-order valence-corrected chi connectivity index (χ1v) is 14.2. The van der Waals surface area contributed by atoms with Crippen molar-refractivity contribution in [1.29, 1.82) is 5.26 Å². The number of carbonyl (C=O) groups excluding carboxylic acids is 1. The first-order valence-electron chi connectivity index (χ1n) is 14.2. The lowest BCUT2D eigenvalue weighted by Gasteiger charge is -2.22. The molecule has 5 aromatic rings. The fourth-order valence-corrected chi connectivity index (χ4v) is 4.92. The van der Waals surface area contributed by atoms with Crippen LogP contribution < -0.4 is 20.1 Å². The lowest BCUT2D eigenvalue weighted by Crippen LogP contribution is -2.27. The molecule has 0 radical (unpaired) electrons. The summed E-state index contributed by atoms with van der Waals surface area (Å²) in [6.07, 6.45) is 0. The zero-order valence-electron chi connectivity index (χ0n) is 24.5. The number of carbonyl (C=O) groups is 2. The first-order chi connectivity index (χ1) is 21.9. The lowest BCUT2D eigenvalue weighted by molar-refractivity contribution is -0.137. The maximum Gasteiger partial charge on any atom is 0.315 e. The molecule has 0 heterocycles. The van der Waals surface area contributed by atoms with Crippen LogP contribution >= 0.6 is 0 Å². The second-order valence-corrected chi connectivity index (χ2v) is 10.2. The Morgan fingerprint density at radius 3 is 1.98 bits per heavy atom. The third-order valence-corrected chi connectivity index (χ3v) is 7.24. The smallest absolute Gasteiger partial charge is 0.315 e. The third-order valence-electron chi connectivity index (χ3n) is 7.24. The number of methoxy groups -OCH3 is 1. The molecule has 5 rings (SSSR count). The van der Waals surface area contributed by atoms with Gasteiger partial charge >= 0.3 is 5.97 Å². The molecule has 0 aromatic heterocycles. The Kier molecular flexibility index (Phi) is 9.73. The molecule has 1 amide bonds. The van der Waals surface area contributed by atoms with Gasteiger partial charge in [-0.15, -0.1) is 0 Å². The molecule has 2 atom stereocenters. The zero-order chi connectivity index (χ0) is 31.6. The lowest BCUT2D eigenvalue weighted by atomic mass is 9.91. The number of nitriles is 1. The predicted octanol–water partition coefficient (Wildman–Crippen LogP) is 7.15. The molecule has 0 bridgehead atoms. The summed E-state index contributed by atoms with van der Waals surface area (Å²) in [7, 11) is 1.54. The van der Waals surface area contributed by atoms with Crippen LogP contribution in [0.5, 0.6) is 11.5 Å². The molecule has 8 heteroatoms. The molecule has 0 spiro atoms. The first kappa shape index (κ1) is 30.4. The van der Waals surface area contributed by atoms with Gasteiger partial charge in [-0.2, -0.15) is 5.26 Å². The predicted molar refractivity (Wildman–Crippen MR) is 172 cm³/mol. The Bertz CT molecular complexity index is 1790. The second kappa shape index (κ2) is 14.4. The summed E-state index contributed by atoms with van der Waals surface area (Å²) in [4.78, 5) is 25.9. The van der Waals surface area contributed by atoms with Crippen molar-refractivity contribution in [3.8, 4) is 17.6 Å². The van der Waals surface area contributed by atoms with Crippen molar-refractivity contribution in [2.75, 3.05) is 17.7 Å². The molecule has 0 aliphatic carbocycles. The Morgan fingerprint density at radius 1 is 0.756 bits per heavy atom. The standard InChI is InChI=1S/C37H31N3O5/c1-44-33-22-29(16-21-32(33)45-24-26-8-4-2-5-9-26)35(39-30-17-12-25(23-38)13-18-30)36(41)40-31-19-14-28(15-20-31)34(37(42)43)27-10-6-3-7-11-27/h2-22,34-35,39H,24H2,1H3,(H,40,41)(H,42,43). The molecular formula is C37H31N3O5. The van der Waals surface area contributed by atoms with E-state index in [0.717, 1.165) is 5.56 Å². The normalized spacial score (nSPS) is 11.8. The summed E-state index contributed by atoms with van der Waals surface area (Å²) in [6.45, 7) is 0.354. The molecule has 5 aromatic carbocycles. The Morgan fingerprint density at radius 2 is 1.36 bits per heavy atom. The summed E-state index contributed by atoms with van der Waals surface area (Å²) in [5.74, 6) is -1.16. The van der Waals surface area contributed by atoms with E-state index >= 15 is 0 Å². The Hall–Kier alpha value is -6.07. The van der Waals surface area contributed by atoms with Gasteiger partial charge in [0.1, 0.15) is 18.6 Å². The van der Waals surface area contributed by atoms with Gasteiger partial charge in [0.2, 0.25) is 0 Å². The van der Waals surface area contributed by atoms with E-state index in [9.17, 15) is 20.0 Å². The number of nitrogens with one attached hydrogen (secondary N) is 2. The number of rotatable bonds is 12. The molecule has 0 aliphatic rings. The average molecular weight is 598 g/mol. The van der Waals surface area contributed by atoms with Gasteiger partial charge in [0.15, 0.2) is 11.5 Å². The van der Waals surface area contributed by atoms with E-state index in [1.54, 1.807) is 98.1 Å². The van der Waals surface area contributed by atoms with Crippen LogP contribution in [0, 0.1) is 11.3 Å². The molecule has 0 saturated heterocycles. The SMILES string of the molecule is COc1cc(C(Nc2ccc(C#N)cc2)C(=O)Nc2ccc(C(C(=O)O)c3ccccc3)cc2)ccc1OCc1ccccc1. The van der Waals surface area contributed by atoms with Crippen molar-refractivity contribution in [2.24, 2.45) is 0 Å². The molecule has 0 saturated carbocycles. The highest BCUT2D eigenvalue weighted by Gasteiger charge is 2.24. The molecule has 0 aliphatic heterocycles. The van der Waals surface area contributed by atoms with Crippen molar-refractivity contribution in [3.05, 3.63) is 155 Å². The van der Waals surface area contributed by atoms with Gasteiger partial charge in [-0.05, 0) is 70.8 Å². The summed E-state index contributed by atoms with van der Waals surface area (Å²) in [6, 6.07) is 38.9. The van der Waals surface area contributed by atoms with Crippen molar-refractivity contribution >= 4 is 23.3 Å². The summed E-state index contributed by atoms with van der Waals surface area (Å²) >= 11 is 0. The van der Waals surface area contributed by atoms with Crippen molar-refractivity contribution in [1.82, 2.24) is 0 Å². The van der Waals surface area contributed by atoms with E-state index in [4.69, 9.17) is 9.47 Å². The van der Waals surface area contributed by atoms with Gasteiger partial charge in [0.25, 0.3) is 5.91 Å². The van der Waals surface area contributed by atoms with E-state index in [1.807, 2.05) is 36.4 Å². The quantitative estimate of drug-likeness (QED) is 0.140. The number of aliphatic carboxylic acids is 1. The highest BCUT2D eigenvalue weighted by Crippen LogP contribution is 2.33. The van der Waals surface area contributed by atoms with Crippen molar-refractivity contribution in [2.45, 2.75) is 18.6 Å². The van der Waals surface area contributed by atoms with Gasteiger partial charge in [0.05, 0.1) is 18.7 Å². The van der Waals surface area contributed by atoms with E-state index in [2.05, 4.69) is 16.7 Å². The zero-order valence-corrected chi connectivity index (χ0v) is 24.5. The van der Waals surface area contributed by atoms with E-state index in [1.165, 1.54) is 0 Å². The Balaban J connectivity index is 1.39. The molecule has 2 unspecified atom stereocenters. The number of ether oxygens (including phenoxy) is 2. The maximum atomic E-state index is 13.8. The fraction of sp³-hybridized carbons (Fsp3) is 0.108. The summed E-state index contributed by atoms with van der Waals surface area (Å²) < 4.78 is 11.6. The number of anilines is 2. The molecule has 45 heavy (non-hydrogen) atoms. The molecule has 8 nitrogen and oxygen atoms in total. The van der Waals surface area contributed by atoms with Gasteiger partial charge in [-0.3, -0.25) is 9.59 Å². The van der Waals surface area contributed by atoms with E-state index in [-0.39, 0.29) is 5.91 Å². The second-order valence-electron chi connectivity index (χ2n) is 10.2. The van der Waals surface area contributed by atoms with Crippen molar-refractivity contribution in [3.63, 3.8) is 0 Å². The van der Waals surface area contributed by atoms with Crippen LogP contribution in [0.4, 0.5) is 11.4 Å². The third kappa shape index (κ3) is 7.66. The number of hydrogen-bond donors (Lipinski definition) is 3. The minimum atomic E-state index is -0.963. The topological polar surface area (TPSA) is 121 Å². The molecule has 224 valence electrons. The van der Waals surface area contributed by atoms with Gasteiger partial charge in [0, 0.05) is 11.4 Å². The van der Waals surface area contributed by atoms with Crippen molar-refractivity contribution < 1.29 is 24.2 Å². The average Bonchev–Trinajstić information content (AvgIpc) is 3.08. The van der Waals surface area contributed by atoms with Crippen LogP contribution in [0.15, 0.2) is 127 Å². The number of hydrogen-bond acceptors (Lipinski definition) is 6. The Labute approximate surface area is 261 Å². The number of amides is 1. The van der Waals surface area contributed by atoms with E-state index in [0.29, 0.717) is 51.7 Å². The van der Waals surface area contributed by atoms with Gasteiger partial charge in [-0.25, -0.2) is 0 Å². The minimum absolute atomic E-state index is 0.354. The molecule has 0 fully saturated rings. The van der Waals surface area contributed by atoms with Crippen LogP contribution in [-0.4, -0.2) is 24.1 Å². The maximum absolute atomic E-state index is 13.8. The minimum Gasteiger partial charge on any atom is -0.493 e. The number of carboxylic acids is 1. The molecular weight excluding hydrogens is 566 g/mol. The van der Waals surface area contributed by atoms with Crippen LogP contribution in [-0.2, 0) is 16.2 Å². The van der Waals surface area contributed by atoms with Crippen LogP contribution in [0.2, 0.25) is 0 Å². The van der Waals surface area contributed by atoms with E-state index < -0.39 is 17.9 Å².